The second kappa shape index (κ2) is 6.81. The standard InChI is InChI=1S/C14H13Cl2N3O2S/c15-11-4-3-9(6-12(11)16)21-10-2-1-5-19(7-10)14(20)13-8-22-18-17-13/h3-4,6,8,10H,1-2,5,7H2. The van der Waals surface area contributed by atoms with E-state index < -0.39 is 0 Å². The van der Waals surface area contributed by atoms with Gasteiger partial charge in [-0.1, -0.05) is 27.7 Å². The van der Waals surface area contributed by atoms with E-state index in [4.69, 9.17) is 27.9 Å². The Morgan fingerprint density at radius 3 is 2.95 bits per heavy atom. The van der Waals surface area contributed by atoms with E-state index in [0.717, 1.165) is 12.8 Å². The molecular formula is C14H13Cl2N3O2S. The summed E-state index contributed by atoms with van der Waals surface area (Å²) >= 11 is 13.1. The predicted octanol–water partition coefficient (Wildman–Crippen LogP) is 3.53. The number of hydrogen-bond donors (Lipinski definition) is 0. The Morgan fingerprint density at radius 2 is 2.23 bits per heavy atom. The van der Waals surface area contributed by atoms with Gasteiger partial charge in [0.15, 0.2) is 5.69 Å². The minimum Gasteiger partial charge on any atom is -0.489 e. The smallest absolute Gasteiger partial charge is 0.275 e. The molecule has 0 N–H and O–H groups in total. The van der Waals surface area contributed by atoms with Crippen molar-refractivity contribution < 1.29 is 9.53 Å². The molecule has 3 rings (SSSR count). The Bertz CT molecular complexity index is 666. The number of rotatable bonds is 3. The Kier molecular flexibility index (Phi) is 4.81. The van der Waals surface area contributed by atoms with E-state index in [0.29, 0.717) is 34.6 Å². The summed E-state index contributed by atoms with van der Waals surface area (Å²) in [5.41, 5.74) is 0.389. The van der Waals surface area contributed by atoms with Crippen molar-refractivity contribution in [1.82, 2.24) is 14.5 Å². The monoisotopic (exact) mass is 357 g/mol. The molecule has 1 unspecified atom stereocenters. The van der Waals surface area contributed by atoms with Gasteiger partial charge in [0.05, 0.1) is 16.6 Å². The van der Waals surface area contributed by atoms with E-state index in [9.17, 15) is 4.79 Å². The second-order valence-electron chi connectivity index (χ2n) is 5.00. The molecule has 2 aromatic rings. The molecule has 1 aromatic carbocycles. The molecule has 22 heavy (non-hydrogen) atoms. The number of hydrogen-bond acceptors (Lipinski definition) is 5. The number of carbonyl (C=O) groups is 1. The first-order valence-electron chi connectivity index (χ1n) is 6.81. The molecule has 1 atom stereocenters. The maximum atomic E-state index is 12.3. The summed E-state index contributed by atoms with van der Waals surface area (Å²) in [5, 5.41) is 6.43. The van der Waals surface area contributed by atoms with Crippen LogP contribution in [-0.4, -0.2) is 39.6 Å². The van der Waals surface area contributed by atoms with E-state index in [1.807, 2.05) is 0 Å². The van der Waals surface area contributed by atoms with Crippen LogP contribution in [0.3, 0.4) is 0 Å². The van der Waals surface area contributed by atoms with E-state index in [1.165, 1.54) is 11.5 Å². The fourth-order valence-electron chi connectivity index (χ4n) is 2.38. The lowest BCUT2D eigenvalue weighted by molar-refractivity contribution is 0.0532. The lowest BCUT2D eigenvalue weighted by Crippen LogP contribution is -2.44. The van der Waals surface area contributed by atoms with Gasteiger partial charge in [0.2, 0.25) is 0 Å². The van der Waals surface area contributed by atoms with Crippen LogP contribution in [-0.2, 0) is 0 Å². The van der Waals surface area contributed by atoms with Crippen molar-refractivity contribution in [3.05, 3.63) is 39.3 Å². The summed E-state index contributed by atoms with van der Waals surface area (Å²) < 4.78 is 9.65. The molecule has 0 saturated carbocycles. The van der Waals surface area contributed by atoms with Crippen molar-refractivity contribution >= 4 is 40.6 Å². The molecule has 1 aliphatic heterocycles. The van der Waals surface area contributed by atoms with Crippen LogP contribution in [0.1, 0.15) is 23.3 Å². The van der Waals surface area contributed by atoms with E-state index in [-0.39, 0.29) is 12.0 Å². The van der Waals surface area contributed by atoms with Crippen LogP contribution >= 0.6 is 34.7 Å². The summed E-state index contributed by atoms with van der Waals surface area (Å²) in [7, 11) is 0. The molecule has 0 radical (unpaired) electrons. The number of likely N-dealkylation sites (tertiary alicyclic amines) is 1. The number of ether oxygens (including phenoxy) is 1. The predicted molar refractivity (Wildman–Crippen MR) is 85.9 cm³/mol. The van der Waals surface area contributed by atoms with Crippen molar-refractivity contribution in [1.29, 1.82) is 0 Å². The maximum absolute atomic E-state index is 12.3. The number of carbonyl (C=O) groups excluding carboxylic acids is 1. The van der Waals surface area contributed by atoms with Gasteiger partial charge in [0.1, 0.15) is 11.9 Å². The molecule has 0 aliphatic carbocycles. The molecule has 1 aliphatic rings. The second-order valence-corrected chi connectivity index (χ2v) is 6.42. The SMILES string of the molecule is O=C(c1csnn1)N1CCCC(Oc2ccc(Cl)c(Cl)c2)C1. The fourth-order valence-corrected chi connectivity index (χ4v) is 3.10. The first-order valence-corrected chi connectivity index (χ1v) is 8.41. The number of benzene rings is 1. The Hall–Kier alpha value is -1.37. The van der Waals surface area contributed by atoms with Gasteiger partial charge in [-0.25, -0.2) is 0 Å². The van der Waals surface area contributed by atoms with Crippen LogP contribution in [0.25, 0.3) is 0 Å². The van der Waals surface area contributed by atoms with Gasteiger partial charge in [0.25, 0.3) is 5.91 Å². The zero-order valence-electron chi connectivity index (χ0n) is 11.5. The first kappa shape index (κ1) is 15.5. The third-order valence-corrected chi connectivity index (χ3v) is 4.68. The van der Waals surface area contributed by atoms with Gasteiger partial charge < -0.3 is 9.64 Å². The molecule has 1 aromatic heterocycles. The van der Waals surface area contributed by atoms with Crippen LogP contribution in [0.4, 0.5) is 0 Å². The lowest BCUT2D eigenvalue weighted by atomic mass is 10.1. The molecule has 1 fully saturated rings. The highest BCUT2D eigenvalue weighted by Gasteiger charge is 2.27. The largest absolute Gasteiger partial charge is 0.489 e. The van der Waals surface area contributed by atoms with Crippen molar-refractivity contribution in [3.8, 4) is 5.75 Å². The topological polar surface area (TPSA) is 55.3 Å². The number of halogens is 2. The molecule has 0 bridgehead atoms. The van der Waals surface area contributed by atoms with Crippen LogP contribution in [0.2, 0.25) is 10.0 Å². The average Bonchev–Trinajstić information content (AvgIpc) is 3.05. The number of amides is 1. The summed E-state index contributed by atoms with van der Waals surface area (Å²) in [5.74, 6) is 0.556. The summed E-state index contributed by atoms with van der Waals surface area (Å²) in [6, 6.07) is 5.17. The molecule has 2 heterocycles. The van der Waals surface area contributed by atoms with Crippen molar-refractivity contribution in [2.75, 3.05) is 13.1 Å². The van der Waals surface area contributed by atoms with Crippen LogP contribution in [0.15, 0.2) is 23.6 Å². The Morgan fingerprint density at radius 1 is 1.36 bits per heavy atom. The van der Waals surface area contributed by atoms with Crippen molar-refractivity contribution in [2.45, 2.75) is 18.9 Å². The van der Waals surface area contributed by atoms with Crippen LogP contribution in [0, 0.1) is 0 Å². The zero-order chi connectivity index (χ0) is 15.5. The highest BCUT2D eigenvalue weighted by atomic mass is 35.5. The normalized spacial score (nSPS) is 18.3. The Balaban J connectivity index is 1.65. The van der Waals surface area contributed by atoms with E-state index in [1.54, 1.807) is 28.5 Å². The van der Waals surface area contributed by atoms with Crippen LogP contribution in [0.5, 0.6) is 5.75 Å². The maximum Gasteiger partial charge on any atom is 0.275 e. The van der Waals surface area contributed by atoms with Gasteiger partial charge >= 0.3 is 0 Å². The minimum absolute atomic E-state index is 0.0680. The van der Waals surface area contributed by atoms with Gasteiger partial charge in [-0.15, -0.1) is 5.10 Å². The fraction of sp³-hybridized carbons (Fsp3) is 0.357. The van der Waals surface area contributed by atoms with E-state index in [2.05, 4.69) is 9.59 Å². The van der Waals surface area contributed by atoms with Crippen LogP contribution < -0.4 is 4.74 Å². The molecule has 1 amide bonds. The summed E-state index contributed by atoms with van der Waals surface area (Å²) in [6.45, 7) is 1.23. The summed E-state index contributed by atoms with van der Waals surface area (Å²) in [4.78, 5) is 14.0. The number of nitrogens with zero attached hydrogens (tertiary/aromatic N) is 3. The quantitative estimate of drug-likeness (QED) is 0.842. The average molecular weight is 358 g/mol. The van der Waals surface area contributed by atoms with E-state index >= 15 is 0 Å². The Labute approximate surface area is 142 Å². The zero-order valence-corrected chi connectivity index (χ0v) is 13.9. The number of aromatic nitrogens is 2. The molecule has 0 spiro atoms. The van der Waals surface area contributed by atoms with Gasteiger partial charge in [-0.3, -0.25) is 4.79 Å². The highest BCUT2D eigenvalue weighted by Crippen LogP contribution is 2.28. The molecule has 1 saturated heterocycles. The van der Waals surface area contributed by atoms with Gasteiger partial charge in [-0.2, -0.15) is 0 Å². The minimum atomic E-state index is -0.101. The van der Waals surface area contributed by atoms with Crippen molar-refractivity contribution in [3.63, 3.8) is 0 Å². The highest BCUT2D eigenvalue weighted by molar-refractivity contribution is 7.03. The molecule has 8 heteroatoms. The lowest BCUT2D eigenvalue weighted by Gasteiger charge is -2.32. The molecule has 5 nitrogen and oxygen atoms in total. The van der Waals surface area contributed by atoms with Gasteiger partial charge in [0, 0.05) is 18.0 Å². The third-order valence-electron chi connectivity index (χ3n) is 3.44. The molecular weight excluding hydrogens is 345 g/mol. The first-order chi connectivity index (χ1) is 10.6. The van der Waals surface area contributed by atoms with Gasteiger partial charge in [-0.05, 0) is 36.5 Å². The third kappa shape index (κ3) is 3.51. The van der Waals surface area contributed by atoms with Crippen molar-refractivity contribution in [2.24, 2.45) is 0 Å². The summed E-state index contributed by atoms with van der Waals surface area (Å²) in [6.07, 6.45) is 1.70. The molecule has 116 valence electrons. The number of piperidine rings is 1.